The number of aromatic nitrogens is 1. The average molecular weight is 479 g/mol. The topological polar surface area (TPSA) is 114 Å². The van der Waals surface area contributed by atoms with Gasteiger partial charge in [-0.15, -0.1) is 0 Å². The molecule has 3 amide bonds. The SMILES string of the molecule is CCCCOc1ccc(N(CC(=O)NCc2ccco2)C(=O)CCC(=O)Nc2ccccn2)cc1. The fraction of sp³-hybridized carbons (Fsp3) is 0.308. The third-order valence-electron chi connectivity index (χ3n) is 5.06. The fourth-order valence-electron chi connectivity index (χ4n) is 3.18. The maximum atomic E-state index is 13.1. The molecule has 35 heavy (non-hydrogen) atoms. The molecule has 3 rings (SSSR count). The first-order chi connectivity index (χ1) is 17.0. The van der Waals surface area contributed by atoms with Gasteiger partial charge in [-0.3, -0.25) is 14.4 Å². The number of rotatable bonds is 13. The third kappa shape index (κ3) is 8.62. The van der Waals surface area contributed by atoms with Crippen molar-refractivity contribution in [3.63, 3.8) is 0 Å². The van der Waals surface area contributed by atoms with Crippen LogP contribution in [0.4, 0.5) is 11.5 Å². The molecule has 184 valence electrons. The van der Waals surface area contributed by atoms with E-state index in [1.54, 1.807) is 60.8 Å². The van der Waals surface area contributed by atoms with Gasteiger partial charge in [0.2, 0.25) is 17.7 Å². The first-order valence-electron chi connectivity index (χ1n) is 11.6. The van der Waals surface area contributed by atoms with Crippen molar-refractivity contribution in [3.05, 3.63) is 72.8 Å². The summed E-state index contributed by atoms with van der Waals surface area (Å²) >= 11 is 0. The van der Waals surface area contributed by atoms with Gasteiger partial charge in [-0.25, -0.2) is 4.98 Å². The highest BCUT2D eigenvalue weighted by atomic mass is 16.5. The van der Waals surface area contributed by atoms with Gasteiger partial charge >= 0.3 is 0 Å². The van der Waals surface area contributed by atoms with Gasteiger partial charge in [0.15, 0.2) is 0 Å². The molecule has 0 saturated carbocycles. The van der Waals surface area contributed by atoms with Crippen LogP contribution in [-0.4, -0.2) is 35.9 Å². The number of benzene rings is 1. The summed E-state index contributed by atoms with van der Waals surface area (Å²) in [5.41, 5.74) is 0.538. The van der Waals surface area contributed by atoms with E-state index in [2.05, 4.69) is 22.5 Å². The summed E-state index contributed by atoms with van der Waals surface area (Å²) in [7, 11) is 0. The molecule has 0 fully saturated rings. The molecule has 0 bridgehead atoms. The molecule has 9 nitrogen and oxygen atoms in total. The van der Waals surface area contributed by atoms with Gasteiger partial charge in [0.25, 0.3) is 0 Å². The minimum atomic E-state index is -0.353. The van der Waals surface area contributed by atoms with Crippen LogP contribution in [0, 0.1) is 0 Å². The van der Waals surface area contributed by atoms with Crippen LogP contribution in [0.2, 0.25) is 0 Å². The molecule has 9 heteroatoms. The van der Waals surface area contributed by atoms with Gasteiger partial charge in [0.05, 0.1) is 19.4 Å². The molecule has 2 aromatic heterocycles. The second-order valence-corrected chi connectivity index (χ2v) is 7.80. The lowest BCUT2D eigenvalue weighted by Crippen LogP contribution is -2.41. The number of nitrogens with one attached hydrogen (secondary N) is 2. The second kappa shape index (κ2) is 13.5. The lowest BCUT2D eigenvalue weighted by atomic mass is 10.2. The van der Waals surface area contributed by atoms with Crippen molar-refractivity contribution < 1.29 is 23.5 Å². The number of carbonyl (C=O) groups excluding carboxylic acids is 3. The van der Waals surface area contributed by atoms with Crippen LogP contribution < -0.4 is 20.3 Å². The van der Waals surface area contributed by atoms with Crippen molar-refractivity contribution in [2.24, 2.45) is 0 Å². The van der Waals surface area contributed by atoms with Crippen molar-refractivity contribution in [2.45, 2.75) is 39.2 Å². The lowest BCUT2D eigenvalue weighted by Gasteiger charge is -2.22. The monoisotopic (exact) mass is 478 g/mol. The summed E-state index contributed by atoms with van der Waals surface area (Å²) in [6.07, 6.45) is 4.96. The molecule has 0 atom stereocenters. The van der Waals surface area contributed by atoms with Gasteiger partial charge in [-0.2, -0.15) is 0 Å². The van der Waals surface area contributed by atoms with E-state index in [0.717, 1.165) is 12.8 Å². The van der Waals surface area contributed by atoms with Gasteiger partial charge in [-0.1, -0.05) is 19.4 Å². The third-order valence-corrected chi connectivity index (χ3v) is 5.06. The second-order valence-electron chi connectivity index (χ2n) is 7.80. The van der Waals surface area contributed by atoms with Gasteiger partial charge in [0, 0.05) is 24.7 Å². The average Bonchev–Trinajstić information content (AvgIpc) is 3.40. The number of anilines is 2. The van der Waals surface area contributed by atoms with Crippen LogP contribution in [0.15, 0.2) is 71.5 Å². The Morgan fingerprint density at radius 2 is 1.83 bits per heavy atom. The van der Waals surface area contributed by atoms with E-state index in [4.69, 9.17) is 9.15 Å². The summed E-state index contributed by atoms with van der Waals surface area (Å²) in [5.74, 6) is 0.671. The van der Waals surface area contributed by atoms with Crippen molar-refractivity contribution in [2.75, 3.05) is 23.4 Å². The minimum Gasteiger partial charge on any atom is -0.494 e. The van der Waals surface area contributed by atoms with Crippen LogP contribution in [0.5, 0.6) is 5.75 Å². The van der Waals surface area contributed by atoms with E-state index in [0.29, 0.717) is 29.6 Å². The number of furan rings is 1. The number of nitrogens with zero attached hydrogens (tertiary/aromatic N) is 2. The number of ether oxygens (including phenoxy) is 1. The van der Waals surface area contributed by atoms with E-state index in [1.165, 1.54) is 11.2 Å². The molecule has 3 aromatic rings. The number of unbranched alkanes of at least 4 members (excludes halogenated alkanes) is 1. The van der Waals surface area contributed by atoms with Crippen LogP contribution in [0.3, 0.4) is 0 Å². The van der Waals surface area contributed by atoms with Crippen LogP contribution in [0.1, 0.15) is 38.4 Å². The highest BCUT2D eigenvalue weighted by molar-refractivity contribution is 6.01. The molecule has 1 aromatic carbocycles. The highest BCUT2D eigenvalue weighted by Gasteiger charge is 2.20. The zero-order chi connectivity index (χ0) is 24.9. The van der Waals surface area contributed by atoms with Crippen LogP contribution >= 0.6 is 0 Å². The molecule has 2 N–H and O–H groups in total. The Morgan fingerprint density at radius 1 is 1.00 bits per heavy atom. The quantitative estimate of drug-likeness (QED) is 0.360. The minimum absolute atomic E-state index is 0.0435. The van der Waals surface area contributed by atoms with Gasteiger partial charge in [0.1, 0.15) is 23.9 Å². The Bertz CT molecular complexity index is 1070. The zero-order valence-electron chi connectivity index (χ0n) is 19.7. The standard InChI is InChI=1S/C26H30N4O5/c1-2-3-16-34-21-11-9-20(10-12-21)30(19-25(32)28-18-22-7-6-17-35-22)26(33)14-13-24(31)29-23-8-4-5-15-27-23/h4-12,15,17H,2-3,13-14,16,18-19H2,1H3,(H,28,32)(H,27,29,31). The zero-order valence-corrected chi connectivity index (χ0v) is 19.7. The van der Waals surface area contributed by atoms with Crippen LogP contribution in [0.25, 0.3) is 0 Å². The van der Waals surface area contributed by atoms with Gasteiger partial charge < -0.3 is 24.7 Å². The number of hydrogen-bond acceptors (Lipinski definition) is 6. The molecule has 0 aliphatic carbocycles. The summed E-state index contributed by atoms with van der Waals surface area (Å²) in [6.45, 7) is 2.71. The number of carbonyl (C=O) groups is 3. The van der Waals surface area contributed by atoms with E-state index in [1.807, 2.05) is 0 Å². The largest absolute Gasteiger partial charge is 0.494 e. The van der Waals surface area contributed by atoms with Crippen molar-refractivity contribution in [1.29, 1.82) is 0 Å². The first kappa shape index (κ1) is 25.5. The predicted molar refractivity (Wildman–Crippen MR) is 132 cm³/mol. The molecule has 0 unspecified atom stereocenters. The smallest absolute Gasteiger partial charge is 0.240 e. The molecular formula is C26H30N4O5. The molecular weight excluding hydrogens is 448 g/mol. The number of pyridine rings is 1. The van der Waals surface area contributed by atoms with Crippen molar-refractivity contribution >= 4 is 29.2 Å². The summed E-state index contributed by atoms with van der Waals surface area (Å²) in [6, 6.07) is 15.6. The summed E-state index contributed by atoms with van der Waals surface area (Å²) in [5, 5.41) is 5.40. The summed E-state index contributed by atoms with van der Waals surface area (Å²) in [4.78, 5) is 43.3. The van der Waals surface area contributed by atoms with E-state index in [9.17, 15) is 14.4 Å². The van der Waals surface area contributed by atoms with E-state index in [-0.39, 0.29) is 43.7 Å². The predicted octanol–water partition coefficient (Wildman–Crippen LogP) is 3.92. The number of amides is 3. The van der Waals surface area contributed by atoms with E-state index >= 15 is 0 Å². The maximum absolute atomic E-state index is 13.1. The highest BCUT2D eigenvalue weighted by Crippen LogP contribution is 2.21. The van der Waals surface area contributed by atoms with Crippen molar-refractivity contribution in [3.8, 4) is 5.75 Å². The molecule has 0 spiro atoms. The summed E-state index contributed by atoms with van der Waals surface area (Å²) < 4.78 is 10.9. The van der Waals surface area contributed by atoms with Crippen molar-refractivity contribution in [1.82, 2.24) is 10.3 Å². The molecule has 0 aliphatic heterocycles. The molecule has 0 saturated heterocycles. The molecule has 0 radical (unpaired) electrons. The fourth-order valence-corrected chi connectivity index (χ4v) is 3.18. The molecule has 2 heterocycles. The normalized spacial score (nSPS) is 10.4. The van der Waals surface area contributed by atoms with E-state index < -0.39 is 0 Å². The Balaban J connectivity index is 1.63. The van der Waals surface area contributed by atoms with Gasteiger partial charge in [-0.05, 0) is 55.0 Å². The van der Waals surface area contributed by atoms with Crippen LogP contribution in [-0.2, 0) is 20.9 Å². The Kier molecular flexibility index (Phi) is 9.86. The number of hydrogen-bond donors (Lipinski definition) is 2. The Hall–Kier alpha value is -4.14. The Labute approximate surface area is 204 Å². The molecule has 0 aliphatic rings. The first-order valence-corrected chi connectivity index (χ1v) is 11.6. The maximum Gasteiger partial charge on any atom is 0.240 e. The lowest BCUT2D eigenvalue weighted by molar-refractivity contribution is -0.125. The Morgan fingerprint density at radius 3 is 2.51 bits per heavy atom.